The van der Waals surface area contributed by atoms with Crippen LogP contribution in [0.4, 0.5) is 13.2 Å². The predicted octanol–water partition coefficient (Wildman–Crippen LogP) is 3.16. The van der Waals surface area contributed by atoms with Crippen LogP contribution in [0, 0.1) is 0 Å². The van der Waals surface area contributed by atoms with E-state index < -0.39 is 11.9 Å². The van der Waals surface area contributed by atoms with E-state index in [1.165, 1.54) is 18.0 Å². The monoisotopic (exact) mass is 294 g/mol. The second kappa shape index (κ2) is 4.72. The quantitative estimate of drug-likeness (QED) is 0.728. The molecule has 0 aliphatic heterocycles. The Morgan fingerprint density at radius 1 is 1.10 bits per heavy atom. The minimum absolute atomic E-state index is 0.238. The number of nitrogens with zero attached hydrogens (tertiary/aromatic N) is 4. The Labute approximate surface area is 117 Å². The van der Waals surface area contributed by atoms with Gasteiger partial charge in [0.25, 0.3) is 0 Å². The van der Waals surface area contributed by atoms with Gasteiger partial charge in [-0.2, -0.15) is 18.2 Å². The van der Waals surface area contributed by atoms with Crippen LogP contribution in [0.3, 0.4) is 0 Å². The van der Waals surface area contributed by atoms with Crippen molar-refractivity contribution < 1.29 is 17.7 Å². The predicted molar refractivity (Wildman–Crippen MR) is 66.9 cm³/mol. The van der Waals surface area contributed by atoms with Gasteiger partial charge in [-0.3, -0.25) is 0 Å². The highest BCUT2D eigenvalue weighted by atomic mass is 19.4. The Bertz CT molecular complexity index is 745. The fourth-order valence-electron chi connectivity index (χ4n) is 1.94. The molecule has 3 aromatic rings. The average Bonchev–Trinajstić information content (AvgIpc) is 3.07. The van der Waals surface area contributed by atoms with E-state index in [1.54, 1.807) is 24.3 Å². The summed E-state index contributed by atoms with van der Waals surface area (Å²) in [5.41, 5.74) is 0.361. The summed E-state index contributed by atoms with van der Waals surface area (Å²) < 4.78 is 43.9. The normalized spacial score (nSPS) is 11.8. The maximum atomic E-state index is 12.6. The lowest BCUT2D eigenvalue weighted by Gasteiger charge is -2.02. The van der Waals surface area contributed by atoms with Crippen LogP contribution in [-0.4, -0.2) is 19.7 Å². The highest BCUT2D eigenvalue weighted by Crippen LogP contribution is 2.31. The third kappa shape index (κ3) is 2.51. The van der Waals surface area contributed by atoms with Gasteiger partial charge in [0.2, 0.25) is 12.2 Å². The first-order chi connectivity index (χ1) is 9.95. The zero-order chi connectivity index (χ0) is 15.0. The van der Waals surface area contributed by atoms with E-state index in [-0.39, 0.29) is 5.82 Å². The van der Waals surface area contributed by atoms with E-state index in [2.05, 4.69) is 19.6 Å². The smallest absolute Gasteiger partial charge is 0.342 e. The fourth-order valence-corrected chi connectivity index (χ4v) is 1.94. The molecule has 0 amide bonds. The molecule has 0 bridgehead atoms. The van der Waals surface area contributed by atoms with Crippen LogP contribution in [0.25, 0.3) is 22.8 Å². The first-order valence-electron chi connectivity index (χ1n) is 5.93. The van der Waals surface area contributed by atoms with Crippen LogP contribution in [0.15, 0.2) is 41.4 Å². The molecule has 0 saturated carbocycles. The Kier molecular flexibility index (Phi) is 3.00. The molecule has 5 nitrogen and oxygen atoms in total. The van der Waals surface area contributed by atoms with Crippen molar-refractivity contribution in [3.63, 3.8) is 0 Å². The first-order valence-corrected chi connectivity index (χ1v) is 5.93. The van der Waals surface area contributed by atoms with Crippen LogP contribution >= 0.6 is 0 Å². The molecule has 108 valence electrons. The SMILES string of the molecule is Cn1cc(C(F)(F)F)nc1-c1ccc(-c2ncon2)cc1. The van der Waals surface area contributed by atoms with Gasteiger partial charge in [-0.05, 0) is 0 Å². The summed E-state index contributed by atoms with van der Waals surface area (Å²) in [5.74, 6) is 0.652. The fraction of sp³-hybridized carbons (Fsp3) is 0.154. The van der Waals surface area contributed by atoms with Gasteiger partial charge in [0.1, 0.15) is 5.82 Å². The molecule has 8 heteroatoms. The molecule has 0 atom stereocenters. The van der Waals surface area contributed by atoms with E-state index in [1.807, 2.05) is 0 Å². The van der Waals surface area contributed by atoms with Crippen molar-refractivity contribution in [3.8, 4) is 22.8 Å². The molecule has 0 spiro atoms. The average molecular weight is 294 g/mol. The molecule has 2 heterocycles. The van der Waals surface area contributed by atoms with E-state index in [9.17, 15) is 13.2 Å². The van der Waals surface area contributed by atoms with Crippen molar-refractivity contribution >= 4 is 0 Å². The minimum Gasteiger partial charge on any atom is -0.342 e. The summed E-state index contributed by atoms with van der Waals surface area (Å²) in [4.78, 5) is 7.53. The number of alkyl halides is 3. The van der Waals surface area contributed by atoms with Gasteiger partial charge in [-0.1, -0.05) is 29.4 Å². The molecule has 0 N–H and O–H groups in total. The molecule has 0 aliphatic carbocycles. The van der Waals surface area contributed by atoms with Gasteiger partial charge < -0.3 is 9.09 Å². The van der Waals surface area contributed by atoms with Gasteiger partial charge in [0.05, 0.1) is 0 Å². The van der Waals surface area contributed by atoms with Crippen LogP contribution < -0.4 is 0 Å². The topological polar surface area (TPSA) is 56.7 Å². The Morgan fingerprint density at radius 2 is 1.76 bits per heavy atom. The van der Waals surface area contributed by atoms with Gasteiger partial charge >= 0.3 is 6.18 Å². The lowest BCUT2D eigenvalue weighted by atomic mass is 10.1. The molecule has 0 saturated heterocycles. The molecular weight excluding hydrogens is 285 g/mol. The molecule has 0 unspecified atom stereocenters. The van der Waals surface area contributed by atoms with Gasteiger partial charge in [-0.15, -0.1) is 0 Å². The van der Waals surface area contributed by atoms with Crippen molar-refractivity contribution in [2.45, 2.75) is 6.18 Å². The number of benzene rings is 1. The summed E-state index contributed by atoms with van der Waals surface area (Å²) in [6.45, 7) is 0. The lowest BCUT2D eigenvalue weighted by Crippen LogP contribution is -2.04. The van der Waals surface area contributed by atoms with Gasteiger partial charge in [0.15, 0.2) is 5.69 Å². The number of aromatic nitrogens is 4. The van der Waals surface area contributed by atoms with E-state index in [0.29, 0.717) is 17.0 Å². The molecule has 1 aromatic carbocycles. The van der Waals surface area contributed by atoms with Crippen molar-refractivity contribution in [1.29, 1.82) is 0 Å². The molecule has 0 radical (unpaired) electrons. The molecule has 3 rings (SSSR count). The maximum absolute atomic E-state index is 12.6. The second-order valence-corrected chi connectivity index (χ2v) is 4.39. The number of aryl methyl sites for hydroxylation is 1. The number of hydrogen-bond donors (Lipinski definition) is 0. The summed E-state index contributed by atoms with van der Waals surface area (Å²) in [6, 6.07) is 6.71. The minimum atomic E-state index is -4.46. The Hall–Kier alpha value is -2.64. The zero-order valence-corrected chi connectivity index (χ0v) is 10.8. The van der Waals surface area contributed by atoms with Crippen molar-refractivity contribution in [2.24, 2.45) is 7.05 Å². The second-order valence-electron chi connectivity index (χ2n) is 4.39. The van der Waals surface area contributed by atoms with E-state index in [4.69, 9.17) is 0 Å². The van der Waals surface area contributed by atoms with Crippen molar-refractivity contribution in [1.82, 2.24) is 19.7 Å². The highest BCUT2D eigenvalue weighted by molar-refractivity contribution is 5.63. The van der Waals surface area contributed by atoms with Crippen LogP contribution in [0.2, 0.25) is 0 Å². The zero-order valence-electron chi connectivity index (χ0n) is 10.8. The van der Waals surface area contributed by atoms with Gasteiger partial charge in [0, 0.05) is 24.4 Å². The van der Waals surface area contributed by atoms with Gasteiger partial charge in [-0.25, -0.2) is 4.98 Å². The molecular formula is C13H9F3N4O. The molecule has 21 heavy (non-hydrogen) atoms. The summed E-state index contributed by atoms with van der Waals surface area (Å²) in [5, 5.41) is 3.69. The molecule has 0 fully saturated rings. The highest BCUT2D eigenvalue weighted by Gasteiger charge is 2.34. The van der Waals surface area contributed by atoms with Crippen LogP contribution in [0.1, 0.15) is 5.69 Å². The van der Waals surface area contributed by atoms with E-state index in [0.717, 1.165) is 6.20 Å². The van der Waals surface area contributed by atoms with Crippen molar-refractivity contribution in [3.05, 3.63) is 42.5 Å². The number of imidazole rings is 1. The van der Waals surface area contributed by atoms with Crippen LogP contribution in [-0.2, 0) is 13.2 Å². The Morgan fingerprint density at radius 3 is 2.29 bits per heavy atom. The van der Waals surface area contributed by atoms with Crippen molar-refractivity contribution in [2.75, 3.05) is 0 Å². The third-order valence-electron chi connectivity index (χ3n) is 2.93. The molecule has 0 aliphatic rings. The number of hydrogen-bond acceptors (Lipinski definition) is 4. The number of halogens is 3. The number of rotatable bonds is 2. The lowest BCUT2D eigenvalue weighted by molar-refractivity contribution is -0.140. The third-order valence-corrected chi connectivity index (χ3v) is 2.93. The summed E-state index contributed by atoms with van der Waals surface area (Å²) >= 11 is 0. The first kappa shape index (κ1) is 13.3. The summed E-state index contributed by atoms with van der Waals surface area (Å²) in [7, 11) is 1.52. The Balaban J connectivity index is 1.96. The van der Waals surface area contributed by atoms with Crippen LogP contribution in [0.5, 0.6) is 0 Å². The largest absolute Gasteiger partial charge is 0.434 e. The molecule has 2 aromatic heterocycles. The maximum Gasteiger partial charge on any atom is 0.434 e. The van der Waals surface area contributed by atoms with E-state index >= 15 is 0 Å². The standard InChI is InChI=1S/C13H9F3N4O/c1-20-6-10(13(14,15)16)18-12(20)9-4-2-8(3-5-9)11-17-7-21-19-11/h2-7H,1H3. The summed E-state index contributed by atoms with van der Waals surface area (Å²) in [6.07, 6.45) is -2.29.